The van der Waals surface area contributed by atoms with Gasteiger partial charge in [0.1, 0.15) is 0 Å². The van der Waals surface area contributed by atoms with Gasteiger partial charge in [0.15, 0.2) is 0 Å². The summed E-state index contributed by atoms with van der Waals surface area (Å²) in [6, 6.07) is 10.0. The second-order valence-electron chi connectivity index (χ2n) is 3.11. The fourth-order valence-corrected chi connectivity index (χ4v) is 1.79. The average Bonchev–Trinajstić information content (AvgIpc) is 2.19. The van der Waals surface area contributed by atoms with Gasteiger partial charge in [-0.05, 0) is 23.0 Å². The lowest BCUT2D eigenvalue weighted by atomic mass is 10.1. The summed E-state index contributed by atoms with van der Waals surface area (Å²) < 4.78 is 10.6. The van der Waals surface area contributed by atoms with E-state index in [1.165, 1.54) is 5.56 Å². The molecule has 0 aromatic heterocycles. The summed E-state index contributed by atoms with van der Waals surface area (Å²) in [6.07, 6.45) is 2.34. The molecule has 0 saturated heterocycles. The van der Waals surface area contributed by atoms with Gasteiger partial charge in [0, 0.05) is 6.42 Å². The predicted octanol–water partition coefficient (Wildman–Crippen LogP) is 3.31. The largest absolute Gasteiger partial charge is 0.524 e. The van der Waals surface area contributed by atoms with E-state index >= 15 is 0 Å². The third-order valence-corrected chi connectivity index (χ3v) is 3.45. The number of benzene rings is 1. The minimum absolute atomic E-state index is 0.585. The van der Waals surface area contributed by atoms with Crippen LogP contribution >= 0.6 is 19.6 Å². The molecule has 0 aliphatic rings. The first-order valence-corrected chi connectivity index (χ1v) is 6.25. The molecule has 0 heterocycles. The molecule has 14 heavy (non-hydrogen) atoms. The lowest BCUT2D eigenvalue weighted by molar-refractivity contribution is 0.496. The quantitative estimate of drug-likeness (QED) is 0.624. The van der Waals surface area contributed by atoms with Crippen molar-refractivity contribution in [1.29, 1.82) is 0 Å². The predicted molar refractivity (Wildman–Crippen MR) is 58.8 cm³/mol. The Kier molecular flexibility index (Phi) is 5.10. The van der Waals surface area contributed by atoms with Crippen molar-refractivity contribution >= 4 is 19.6 Å². The zero-order valence-corrected chi connectivity index (χ0v) is 9.42. The molecule has 0 spiro atoms. The topological polar surface area (TPSA) is 37.3 Å². The highest BCUT2D eigenvalue weighted by Crippen LogP contribution is 2.30. The van der Waals surface area contributed by atoms with Gasteiger partial charge in [-0.2, -0.15) is 4.89 Å². The Labute approximate surface area is 89.8 Å². The molecular weight excluding hydrogens is 219 g/mol. The second kappa shape index (κ2) is 6.13. The van der Waals surface area contributed by atoms with Gasteiger partial charge in [-0.15, -0.1) is 0 Å². The number of aryl methyl sites for hydroxylation is 1. The standard InChI is InChI=1S/C10H12ClO2P/c11-10(14(12)13)8-4-7-9-5-2-1-3-6-9/h1-3,5-6,10H,4,7-8H2/p+1. The van der Waals surface area contributed by atoms with E-state index in [0.29, 0.717) is 6.42 Å². The van der Waals surface area contributed by atoms with Crippen molar-refractivity contribution < 1.29 is 9.46 Å². The lowest BCUT2D eigenvalue weighted by Gasteiger charge is -1.99. The fraction of sp³-hybridized carbons (Fsp3) is 0.400. The van der Waals surface area contributed by atoms with E-state index in [1.54, 1.807) is 0 Å². The molecular formula is C10H13ClO2P+. The number of rotatable bonds is 5. The zero-order chi connectivity index (χ0) is 10.4. The molecule has 2 unspecified atom stereocenters. The Balaban J connectivity index is 2.26. The number of hydrogen-bond donors (Lipinski definition) is 1. The molecule has 1 rings (SSSR count). The third kappa shape index (κ3) is 4.19. The molecule has 1 aromatic carbocycles. The van der Waals surface area contributed by atoms with Crippen LogP contribution in [0.4, 0.5) is 0 Å². The first kappa shape index (κ1) is 11.6. The average molecular weight is 232 g/mol. The van der Waals surface area contributed by atoms with Crippen LogP contribution < -0.4 is 0 Å². The van der Waals surface area contributed by atoms with Crippen molar-refractivity contribution in [3.05, 3.63) is 35.9 Å². The molecule has 0 saturated carbocycles. The molecule has 0 radical (unpaired) electrons. The van der Waals surface area contributed by atoms with Crippen LogP contribution in [0.3, 0.4) is 0 Å². The normalized spacial score (nSPS) is 13.7. The Morgan fingerprint density at radius 1 is 1.36 bits per heavy atom. The molecule has 0 aliphatic carbocycles. The van der Waals surface area contributed by atoms with Gasteiger partial charge < -0.3 is 0 Å². The van der Waals surface area contributed by atoms with Crippen LogP contribution in [0.2, 0.25) is 0 Å². The van der Waals surface area contributed by atoms with Crippen LogP contribution in [-0.2, 0) is 11.0 Å². The van der Waals surface area contributed by atoms with Crippen molar-refractivity contribution in [2.45, 2.75) is 24.4 Å². The van der Waals surface area contributed by atoms with E-state index in [2.05, 4.69) is 0 Å². The maximum Gasteiger partial charge on any atom is 0.524 e. The van der Waals surface area contributed by atoms with E-state index < -0.39 is 13.1 Å². The first-order chi connectivity index (χ1) is 6.70. The SMILES string of the molecule is O=[P+](O)C(Cl)CCCc1ccccc1. The minimum Gasteiger partial charge on any atom is -0.160 e. The number of alkyl halides is 1. The lowest BCUT2D eigenvalue weighted by Crippen LogP contribution is -1.93. The maximum absolute atomic E-state index is 10.6. The summed E-state index contributed by atoms with van der Waals surface area (Å²) >= 11 is 5.65. The van der Waals surface area contributed by atoms with Crippen LogP contribution in [-0.4, -0.2) is 10.0 Å². The maximum atomic E-state index is 10.6. The van der Waals surface area contributed by atoms with Crippen molar-refractivity contribution in [2.24, 2.45) is 0 Å². The van der Waals surface area contributed by atoms with E-state index in [4.69, 9.17) is 16.5 Å². The highest BCUT2D eigenvalue weighted by atomic mass is 35.5. The summed E-state index contributed by atoms with van der Waals surface area (Å²) in [6.45, 7) is 0. The monoisotopic (exact) mass is 231 g/mol. The molecule has 2 atom stereocenters. The van der Waals surface area contributed by atoms with Crippen LogP contribution in [0.1, 0.15) is 18.4 Å². The summed E-state index contributed by atoms with van der Waals surface area (Å²) in [5.74, 6) is 0. The van der Waals surface area contributed by atoms with Gasteiger partial charge in [-0.25, -0.2) is 0 Å². The Morgan fingerprint density at radius 2 is 2.00 bits per heavy atom. The highest BCUT2D eigenvalue weighted by Gasteiger charge is 2.24. The minimum atomic E-state index is -2.23. The van der Waals surface area contributed by atoms with Gasteiger partial charge in [0.2, 0.25) is 0 Å². The van der Waals surface area contributed by atoms with Gasteiger partial charge in [0.25, 0.3) is 5.12 Å². The molecule has 1 aromatic rings. The molecule has 4 heteroatoms. The molecule has 0 aliphatic heterocycles. The van der Waals surface area contributed by atoms with E-state index in [1.807, 2.05) is 30.3 Å². The Hall–Kier alpha value is -0.430. The molecule has 0 fully saturated rings. The summed E-state index contributed by atoms with van der Waals surface area (Å²) in [5.41, 5.74) is 1.24. The summed E-state index contributed by atoms with van der Waals surface area (Å²) in [4.78, 5) is 8.70. The van der Waals surface area contributed by atoms with Crippen molar-refractivity contribution in [3.8, 4) is 0 Å². The van der Waals surface area contributed by atoms with Gasteiger partial charge in [-0.3, -0.25) is 0 Å². The molecule has 2 nitrogen and oxygen atoms in total. The number of halogens is 1. The van der Waals surface area contributed by atoms with Gasteiger partial charge in [-0.1, -0.05) is 41.9 Å². The molecule has 1 N–H and O–H groups in total. The Bertz CT molecular complexity index is 289. The summed E-state index contributed by atoms with van der Waals surface area (Å²) in [5, 5.41) is -0.603. The van der Waals surface area contributed by atoms with E-state index in [-0.39, 0.29) is 0 Å². The van der Waals surface area contributed by atoms with Crippen molar-refractivity contribution in [1.82, 2.24) is 0 Å². The van der Waals surface area contributed by atoms with Crippen LogP contribution in [0.15, 0.2) is 30.3 Å². The third-order valence-electron chi connectivity index (χ3n) is 1.99. The summed E-state index contributed by atoms with van der Waals surface area (Å²) in [7, 11) is -2.23. The van der Waals surface area contributed by atoms with Crippen LogP contribution in [0.5, 0.6) is 0 Å². The molecule has 76 valence electrons. The van der Waals surface area contributed by atoms with Crippen molar-refractivity contribution in [3.63, 3.8) is 0 Å². The van der Waals surface area contributed by atoms with Crippen molar-refractivity contribution in [2.75, 3.05) is 0 Å². The molecule has 0 amide bonds. The van der Waals surface area contributed by atoms with Gasteiger partial charge in [0.05, 0.1) is 0 Å². The van der Waals surface area contributed by atoms with E-state index in [9.17, 15) is 4.57 Å². The zero-order valence-electron chi connectivity index (χ0n) is 7.77. The van der Waals surface area contributed by atoms with E-state index in [0.717, 1.165) is 12.8 Å². The first-order valence-electron chi connectivity index (χ1n) is 4.53. The van der Waals surface area contributed by atoms with Crippen LogP contribution in [0, 0.1) is 0 Å². The smallest absolute Gasteiger partial charge is 0.160 e. The van der Waals surface area contributed by atoms with Crippen LogP contribution in [0.25, 0.3) is 0 Å². The van der Waals surface area contributed by atoms with Gasteiger partial charge >= 0.3 is 8.03 Å². The fourth-order valence-electron chi connectivity index (χ4n) is 1.23. The highest BCUT2D eigenvalue weighted by molar-refractivity contribution is 7.41. The Morgan fingerprint density at radius 3 is 2.57 bits per heavy atom. The molecule has 0 bridgehead atoms. The number of hydrogen-bond acceptors (Lipinski definition) is 1. The second-order valence-corrected chi connectivity index (χ2v) is 5.17.